The molecule has 2 heterocycles. The van der Waals surface area contributed by atoms with Gasteiger partial charge in [0.05, 0.1) is 0 Å². The van der Waals surface area contributed by atoms with Crippen LogP contribution in [0.3, 0.4) is 0 Å². The molecule has 0 radical (unpaired) electrons. The summed E-state index contributed by atoms with van der Waals surface area (Å²) in [4.78, 5) is 17.2. The van der Waals surface area contributed by atoms with Gasteiger partial charge in [-0.1, -0.05) is 11.8 Å². The van der Waals surface area contributed by atoms with Crippen LogP contribution in [-0.2, 0) is 7.05 Å². The summed E-state index contributed by atoms with van der Waals surface area (Å²) >= 11 is 0.448. The van der Waals surface area contributed by atoms with Crippen LogP contribution in [0.15, 0.2) is 29.2 Å². The molecule has 6 nitrogen and oxygen atoms in total. The summed E-state index contributed by atoms with van der Waals surface area (Å²) in [6.45, 7) is 1.88. The Bertz CT molecular complexity index is 735. The molecule has 0 spiro atoms. The number of piperidine rings is 1. The van der Waals surface area contributed by atoms with E-state index in [0.29, 0.717) is 34.1 Å². The largest absolute Gasteiger partial charge is 0.317 e. The molecule has 1 aliphatic heterocycles. The lowest BCUT2D eigenvalue weighted by Gasteiger charge is -2.19. The summed E-state index contributed by atoms with van der Waals surface area (Å²) in [5.41, 5.74) is 0.380. The molecule has 0 saturated carbocycles. The lowest BCUT2D eigenvalue weighted by molar-refractivity contribution is 0.102. The number of hydrogen-bond acceptors (Lipinski definition) is 5. The Kier molecular flexibility index (Phi) is 7.36. The number of carbonyl (C=O) groups excluding carboxylic acids is 1. The number of nitrogens with one attached hydrogen (secondary N) is 2. The Morgan fingerprint density at radius 2 is 1.96 bits per heavy atom. The molecule has 0 atom stereocenters. The molecule has 1 saturated heterocycles. The number of amides is 1. The minimum Gasteiger partial charge on any atom is -0.317 e. The molecule has 1 aliphatic rings. The Balaban J connectivity index is 0.00000243. The van der Waals surface area contributed by atoms with Crippen LogP contribution in [0.1, 0.15) is 34.9 Å². The van der Waals surface area contributed by atoms with Crippen molar-refractivity contribution in [3.63, 3.8) is 0 Å². The molecule has 0 bridgehead atoms. The molecular weight excluding hydrogens is 384 g/mol. The average molecular weight is 404 g/mol. The highest BCUT2D eigenvalue weighted by atomic mass is 35.5. The smallest absolute Gasteiger partial charge is 0.288 e. The summed E-state index contributed by atoms with van der Waals surface area (Å²) in [6.07, 6.45) is 1.95. The van der Waals surface area contributed by atoms with E-state index in [4.69, 9.17) is 0 Å². The monoisotopic (exact) mass is 403 g/mol. The maximum Gasteiger partial charge on any atom is 0.288 e. The zero-order valence-electron chi connectivity index (χ0n) is 14.1. The minimum absolute atomic E-state index is 0. The molecule has 142 valence electrons. The van der Waals surface area contributed by atoms with Crippen molar-refractivity contribution < 1.29 is 13.6 Å². The quantitative estimate of drug-likeness (QED) is 0.750. The van der Waals surface area contributed by atoms with Crippen LogP contribution in [0.4, 0.5) is 14.7 Å². The van der Waals surface area contributed by atoms with E-state index in [9.17, 15) is 13.6 Å². The summed E-state index contributed by atoms with van der Waals surface area (Å²) in [5, 5.41) is 10.4. The number of benzene rings is 1. The first-order valence-electron chi connectivity index (χ1n) is 8.01. The molecule has 1 aromatic carbocycles. The van der Waals surface area contributed by atoms with Crippen molar-refractivity contribution in [2.75, 3.05) is 18.4 Å². The number of hydrogen-bond donors (Lipinski definition) is 2. The predicted octanol–water partition coefficient (Wildman–Crippen LogP) is 3.27. The number of thioether (sulfide) groups is 1. The van der Waals surface area contributed by atoms with Crippen LogP contribution in [0.5, 0.6) is 0 Å². The fourth-order valence-corrected chi connectivity index (χ4v) is 3.23. The van der Waals surface area contributed by atoms with Crippen molar-refractivity contribution in [1.29, 1.82) is 0 Å². The highest BCUT2D eigenvalue weighted by Crippen LogP contribution is 2.26. The molecule has 0 aliphatic carbocycles. The second kappa shape index (κ2) is 9.29. The topological polar surface area (TPSA) is 71.8 Å². The third-order valence-electron chi connectivity index (χ3n) is 4.05. The number of halogens is 3. The van der Waals surface area contributed by atoms with E-state index in [-0.39, 0.29) is 18.3 Å². The van der Waals surface area contributed by atoms with Crippen LogP contribution >= 0.6 is 24.2 Å². The molecule has 1 fully saturated rings. The van der Waals surface area contributed by atoms with Crippen molar-refractivity contribution in [1.82, 2.24) is 20.1 Å². The van der Waals surface area contributed by atoms with Gasteiger partial charge in [-0.15, -0.1) is 12.4 Å². The van der Waals surface area contributed by atoms with Crippen LogP contribution in [-0.4, -0.2) is 39.5 Å². The van der Waals surface area contributed by atoms with Gasteiger partial charge in [-0.25, -0.2) is 4.68 Å². The number of aryl methyl sites for hydroxylation is 1. The Morgan fingerprint density at radius 3 is 2.58 bits per heavy atom. The first-order chi connectivity index (χ1) is 12.0. The highest BCUT2D eigenvalue weighted by molar-refractivity contribution is 7.99. The van der Waals surface area contributed by atoms with Crippen LogP contribution < -0.4 is 10.6 Å². The first kappa shape index (κ1) is 20.6. The zero-order chi connectivity index (χ0) is 17.8. The van der Waals surface area contributed by atoms with Gasteiger partial charge in [0.25, 0.3) is 11.7 Å². The second-order valence-corrected chi connectivity index (χ2v) is 6.86. The summed E-state index contributed by atoms with van der Waals surface area (Å²) in [6, 6.07) is 6.04. The van der Waals surface area contributed by atoms with Gasteiger partial charge in [0.2, 0.25) is 5.95 Å². The molecule has 2 aromatic rings. The van der Waals surface area contributed by atoms with E-state index in [1.165, 1.54) is 24.3 Å². The molecule has 1 aromatic heterocycles. The molecule has 0 unspecified atom stereocenters. The normalized spacial score (nSPS) is 14.9. The van der Waals surface area contributed by atoms with Gasteiger partial charge < -0.3 is 5.32 Å². The summed E-state index contributed by atoms with van der Waals surface area (Å²) < 4.78 is 26.2. The van der Waals surface area contributed by atoms with E-state index >= 15 is 0 Å². The van der Waals surface area contributed by atoms with Crippen LogP contribution in [0.25, 0.3) is 0 Å². The third kappa shape index (κ3) is 5.15. The van der Waals surface area contributed by atoms with Gasteiger partial charge in [0.1, 0.15) is 0 Å². The maximum absolute atomic E-state index is 12.3. The summed E-state index contributed by atoms with van der Waals surface area (Å²) in [5.74, 6) is -1.41. The van der Waals surface area contributed by atoms with Crippen molar-refractivity contribution in [2.24, 2.45) is 7.05 Å². The summed E-state index contributed by atoms with van der Waals surface area (Å²) in [7, 11) is 1.73. The van der Waals surface area contributed by atoms with Crippen LogP contribution in [0, 0.1) is 0 Å². The fourth-order valence-electron chi connectivity index (χ4n) is 2.73. The number of nitrogens with zero attached hydrogens (tertiary/aromatic N) is 3. The lowest BCUT2D eigenvalue weighted by atomic mass is 9.98. The predicted molar refractivity (Wildman–Crippen MR) is 99.4 cm³/mol. The molecule has 1 amide bonds. The molecule has 3 rings (SSSR count). The van der Waals surface area contributed by atoms with Gasteiger partial charge in [-0.2, -0.15) is 18.9 Å². The first-order valence-corrected chi connectivity index (χ1v) is 8.89. The Hall–Kier alpha value is -1.71. The molecule has 10 heteroatoms. The van der Waals surface area contributed by atoms with Crippen molar-refractivity contribution in [2.45, 2.75) is 29.4 Å². The number of alkyl halides is 2. The molecular formula is C16H20ClF2N5OS. The van der Waals surface area contributed by atoms with Crippen molar-refractivity contribution in [3.8, 4) is 0 Å². The number of rotatable bonds is 5. The number of carbonyl (C=O) groups is 1. The van der Waals surface area contributed by atoms with Crippen LogP contribution in [0.2, 0.25) is 0 Å². The van der Waals surface area contributed by atoms with E-state index in [2.05, 4.69) is 20.7 Å². The SMILES string of the molecule is Cl.Cn1nc(C2CCNCC2)nc1NC(=O)c1ccc(SC(F)F)cc1. The van der Waals surface area contributed by atoms with Crippen molar-refractivity contribution in [3.05, 3.63) is 35.7 Å². The fraction of sp³-hybridized carbons (Fsp3) is 0.438. The van der Waals surface area contributed by atoms with E-state index in [1.807, 2.05) is 0 Å². The van der Waals surface area contributed by atoms with Crippen molar-refractivity contribution >= 4 is 36.0 Å². The highest BCUT2D eigenvalue weighted by Gasteiger charge is 2.21. The standard InChI is InChI=1S/C16H19F2N5OS.ClH/c1-23-16(20-13(22-23)10-6-8-19-9-7-10)21-14(24)11-2-4-12(5-3-11)25-15(17)18;/h2-5,10,15,19H,6-9H2,1H3,(H,20,21,22,24);1H. The van der Waals surface area contributed by atoms with E-state index in [0.717, 1.165) is 31.8 Å². The third-order valence-corrected chi connectivity index (χ3v) is 4.77. The lowest BCUT2D eigenvalue weighted by Crippen LogP contribution is -2.27. The molecule has 26 heavy (non-hydrogen) atoms. The zero-order valence-corrected chi connectivity index (χ0v) is 15.7. The number of aromatic nitrogens is 3. The second-order valence-electron chi connectivity index (χ2n) is 5.80. The Morgan fingerprint density at radius 1 is 1.31 bits per heavy atom. The minimum atomic E-state index is -2.48. The van der Waals surface area contributed by atoms with Gasteiger partial charge >= 0.3 is 0 Å². The van der Waals surface area contributed by atoms with Gasteiger partial charge in [0, 0.05) is 23.4 Å². The van der Waals surface area contributed by atoms with E-state index < -0.39 is 5.76 Å². The van der Waals surface area contributed by atoms with Gasteiger partial charge in [-0.3, -0.25) is 10.1 Å². The van der Waals surface area contributed by atoms with Gasteiger partial charge in [-0.05, 0) is 50.2 Å². The van der Waals surface area contributed by atoms with Gasteiger partial charge in [0.15, 0.2) is 5.82 Å². The Labute approximate surface area is 160 Å². The number of anilines is 1. The van der Waals surface area contributed by atoms with E-state index in [1.54, 1.807) is 11.7 Å². The average Bonchev–Trinajstić information content (AvgIpc) is 2.96. The molecule has 2 N–H and O–H groups in total. The maximum atomic E-state index is 12.3.